The second-order valence-electron chi connectivity index (χ2n) is 8.98. The second kappa shape index (κ2) is 9.88. The number of anilines is 1. The first-order valence-corrected chi connectivity index (χ1v) is 11.9. The van der Waals surface area contributed by atoms with Crippen molar-refractivity contribution in [2.45, 2.75) is 18.9 Å². The van der Waals surface area contributed by atoms with Crippen LogP contribution in [0.25, 0.3) is 11.0 Å². The van der Waals surface area contributed by atoms with Crippen molar-refractivity contribution in [1.29, 1.82) is 0 Å². The molecule has 1 atom stereocenters. The topological polar surface area (TPSA) is 150 Å². The van der Waals surface area contributed by atoms with Crippen molar-refractivity contribution < 1.29 is 33.1 Å². The number of hydrogen-bond acceptors (Lipinski definition) is 7. The molecule has 2 fully saturated rings. The molecule has 1 aromatic heterocycles. The molecule has 6 rings (SSSR count). The van der Waals surface area contributed by atoms with Crippen molar-refractivity contribution in [2.24, 2.45) is 0 Å². The maximum atomic E-state index is 12.0. The summed E-state index contributed by atoms with van der Waals surface area (Å²) in [6.45, 7) is 1.13. The van der Waals surface area contributed by atoms with Crippen molar-refractivity contribution in [3.63, 3.8) is 0 Å². The van der Waals surface area contributed by atoms with Gasteiger partial charge in [0.1, 0.15) is 17.1 Å². The largest absolute Gasteiger partial charge is 0.497 e. The first-order chi connectivity index (χ1) is 18.2. The van der Waals surface area contributed by atoms with Crippen molar-refractivity contribution in [3.8, 4) is 5.75 Å². The minimum atomic E-state index is -0.895. The van der Waals surface area contributed by atoms with Gasteiger partial charge in [0.15, 0.2) is 6.04 Å². The lowest BCUT2D eigenvalue weighted by molar-refractivity contribution is -0.120. The standard InChI is InChI=1S/C15H12N4O5.C11H13NO2/c20-11-3-4-16-15(23)19(11)8-1-2-9-7(5-8)6-10(24-9)12-13(21)18-14(22)17-12;1-12-6-5-8-3-4-9(14-2)7-10(8)11(12)13/h1-2,5-6,12H,3-4H2,(H,16,23)(H2,17,18,21,22);3-4,7H,5-6H2,1-2H3. The highest BCUT2D eigenvalue weighted by atomic mass is 16.5. The monoisotopic (exact) mass is 519 g/mol. The van der Waals surface area contributed by atoms with E-state index < -0.39 is 24.0 Å². The van der Waals surface area contributed by atoms with E-state index in [4.69, 9.17) is 9.15 Å². The van der Waals surface area contributed by atoms with E-state index in [2.05, 4.69) is 16.0 Å². The van der Waals surface area contributed by atoms with Crippen LogP contribution in [0.15, 0.2) is 46.9 Å². The number of carbonyl (C=O) groups excluding carboxylic acids is 5. The lowest BCUT2D eigenvalue weighted by Gasteiger charge is -2.25. The summed E-state index contributed by atoms with van der Waals surface area (Å²) in [5.41, 5.74) is 2.79. The maximum absolute atomic E-state index is 12.0. The summed E-state index contributed by atoms with van der Waals surface area (Å²) in [6.07, 6.45) is 1.16. The number of methoxy groups -OCH3 is 1. The van der Waals surface area contributed by atoms with E-state index in [9.17, 15) is 24.0 Å². The Balaban J connectivity index is 0.000000179. The molecule has 3 N–H and O–H groups in total. The predicted molar refractivity (Wildman–Crippen MR) is 135 cm³/mol. The van der Waals surface area contributed by atoms with Crippen LogP contribution in [-0.4, -0.2) is 61.9 Å². The number of likely N-dealkylation sites (N-methyl/N-ethyl adjacent to an activating group) is 1. The number of rotatable bonds is 3. The molecule has 196 valence electrons. The fourth-order valence-electron chi connectivity index (χ4n) is 4.49. The van der Waals surface area contributed by atoms with Gasteiger partial charge in [-0.05, 0) is 48.4 Å². The Morgan fingerprint density at radius 2 is 1.82 bits per heavy atom. The first-order valence-electron chi connectivity index (χ1n) is 11.9. The Morgan fingerprint density at radius 1 is 1.00 bits per heavy atom. The molecule has 38 heavy (non-hydrogen) atoms. The van der Waals surface area contributed by atoms with Crippen molar-refractivity contribution in [2.75, 3.05) is 32.1 Å². The van der Waals surface area contributed by atoms with Gasteiger partial charge in [0.2, 0.25) is 5.91 Å². The van der Waals surface area contributed by atoms with Gasteiger partial charge in [-0.15, -0.1) is 0 Å². The summed E-state index contributed by atoms with van der Waals surface area (Å²) in [6, 6.07) is 10.2. The lowest BCUT2D eigenvalue weighted by atomic mass is 9.99. The molecule has 0 bridgehead atoms. The van der Waals surface area contributed by atoms with Gasteiger partial charge in [-0.25, -0.2) is 14.5 Å². The Bertz CT molecular complexity index is 1460. The molecule has 0 saturated carbocycles. The zero-order valence-corrected chi connectivity index (χ0v) is 20.7. The zero-order valence-electron chi connectivity index (χ0n) is 20.7. The molecule has 1 unspecified atom stereocenters. The molecule has 7 amide bonds. The summed E-state index contributed by atoms with van der Waals surface area (Å²) in [5.74, 6) is 0.326. The van der Waals surface area contributed by atoms with Crippen LogP contribution in [0.4, 0.5) is 15.3 Å². The fourth-order valence-corrected chi connectivity index (χ4v) is 4.49. The Hall–Kier alpha value is -4.87. The molecule has 2 saturated heterocycles. The van der Waals surface area contributed by atoms with Gasteiger partial charge >= 0.3 is 12.1 Å². The summed E-state index contributed by atoms with van der Waals surface area (Å²) in [5, 5.41) is 7.81. The predicted octanol–water partition coefficient (Wildman–Crippen LogP) is 2.08. The normalized spacial score (nSPS) is 18.9. The van der Waals surface area contributed by atoms with E-state index >= 15 is 0 Å². The van der Waals surface area contributed by atoms with Crippen LogP contribution < -0.4 is 25.6 Å². The quantitative estimate of drug-likeness (QED) is 0.448. The lowest BCUT2D eigenvalue weighted by Crippen LogP contribution is -2.50. The van der Waals surface area contributed by atoms with Crippen LogP contribution >= 0.6 is 0 Å². The van der Waals surface area contributed by atoms with Crippen LogP contribution in [0.3, 0.4) is 0 Å². The summed E-state index contributed by atoms with van der Waals surface area (Å²) in [4.78, 5) is 61.4. The molecule has 4 heterocycles. The molecule has 0 spiro atoms. The van der Waals surface area contributed by atoms with E-state index in [-0.39, 0.29) is 24.0 Å². The average molecular weight is 520 g/mol. The number of amides is 7. The smallest absolute Gasteiger partial charge is 0.328 e. The number of nitrogens with zero attached hydrogens (tertiary/aromatic N) is 2. The van der Waals surface area contributed by atoms with Crippen LogP contribution in [-0.2, 0) is 16.0 Å². The molecule has 0 radical (unpaired) electrons. The van der Waals surface area contributed by atoms with E-state index in [0.29, 0.717) is 23.2 Å². The molecule has 12 heteroatoms. The van der Waals surface area contributed by atoms with Crippen molar-refractivity contribution in [3.05, 3.63) is 59.4 Å². The fraction of sp³-hybridized carbons (Fsp3) is 0.269. The van der Waals surface area contributed by atoms with Gasteiger partial charge in [-0.1, -0.05) is 6.07 Å². The molecule has 0 aliphatic carbocycles. The van der Waals surface area contributed by atoms with Crippen molar-refractivity contribution in [1.82, 2.24) is 20.9 Å². The molecule has 3 aromatic rings. The summed E-state index contributed by atoms with van der Waals surface area (Å²) >= 11 is 0. The van der Waals surface area contributed by atoms with Crippen LogP contribution in [0, 0.1) is 0 Å². The number of imide groups is 2. The second-order valence-corrected chi connectivity index (χ2v) is 8.98. The van der Waals surface area contributed by atoms with Gasteiger partial charge in [0.25, 0.3) is 11.8 Å². The Kier molecular flexibility index (Phi) is 6.45. The SMILES string of the molecule is COc1ccc2c(c1)C(=O)N(C)CC2.O=C1NC(=O)C(c2cc3cc(N4C(=O)CCNC4=O)ccc3o2)N1. The number of nitrogens with one attached hydrogen (secondary N) is 3. The highest BCUT2D eigenvalue weighted by molar-refractivity contribution is 6.16. The van der Waals surface area contributed by atoms with Gasteiger partial charge < -0.3 is 24.7 Å². The third kappa shape index (κ3) is 4.63. The van der Waals surface area contributed by atoms with Crippen LogP contribution in [0.5, 0.6) is 5.75 Å². The number of furan rings is 1. The number of hydrogen-bond donors (Lipinski definition) is 3. The molecule has 3 aliphatic rings. The van der Waals surface area contributed by atoms with E-state index in [1.165, 1.54) is 0 Å². The van der Waals surface area contributed by atoms with Gasteiger partial charge in [0, 0.05) is 37.5 Å². The third-order valence-electron chi connectivity index (χ3n) is 6.51. The first kappa shape index (κ1) is 24.8. The molecule has 2 aromatic carbocycles. The average Bonchev–Trinajstić information content (AvgIpc) is 3.48. The Labute approximate surface area is 216 Å². The van der Waals surface area contributed by atoms with Crippen LogP contribution in [0.1, 0.15) is 34.1 Å². The zero-order chi connectivity index (χ0) is 27.0. The molecule has 3 aliphatic heterocycles. The van der Waals surface area contributed by atoms with Crippen molar-refractivity contribution >= 4 is 46.4 Å². The summed E-state index contributed by atoms with van der Waals surface area (Å²) < 4.78 is 10.7. The van der Waals surface area contributed by atoms with E-state index in [0.717, 1.165) is 34.7 Å². The molecular weight excluding hydrogens is 494 g/mol. The summed E-state index contributed by atoms with van der Waals surface area (Å²) in [7, 11) is 3.43. The molecule has 12 nitrogen and oxygen atoms in total. The maximum Gasteiger partial charge on any atom is 0.328 e. The van der Waals surface area contributed by atoms with Gasteiger partial charge in [-0.2, -0.15) is 0 Å². The number of carbonyl (C=O) groups is 5. The number of ether oxygens (including phenoxy) is 1. The number of fused-ring (bicyclic) bond motifs is 2. The Morgan fingerprint density at radius 3 is 2.53 bits per heavy atom. The van der Waals surface area contributed by atoms with Crippen LogP contribution in [0.2, 0.25) is 0 Å². The van der Waals surface area contributed by atoms with E-state index in [1.807, 2.05) is 25.2 Å². The number of urea groups is 2. The highest BCUT2D eigenvalue weighted by Crippen LogP contribution is 2.30. The number of benzene rings is 2. The van der Waals surface area contributed by atoms with Gasteiger partial charge in [0.05, 0.1) is 12.8 Å². The minimum Gasteiger partial charge on any atom is -0.497 e. The van der Waals surface area contributed by atoms with Gasteiger partial charge in [-0.3, -0.25) is 19.7 Å². The third-order valence-corrected chi connectivity index (χ3v) is 6.51. The minimum absolute atomic E-state index is 0.0881. The van der Waals surface area contributed by atoms with E-state index in [1.54, 1.807) is 36.3 Å². The molecular formula is C26H25N5O7. The highest BCUT2D eigenvalue weighted by Gasteiger charge is 2.34.